The molecule has 2 amide bonds. The summed E-state index contributed by atoms with van der Waals surface area (Å²) in [5.41, 5.74) is 0.795. The minimum Gasteiger partial charge on any atom is -0.466 e. The second-order valence-corrected chi connectivity index (χ2v) is 4.28. The molecule has 0 fully saturated rings. The molecule has 0 unspecified atom stereocenters. The Bertz CT molecular complexity index is 489. The van der Waals surface area contributed by atoms with Crippen LogP contribution in [0.25, 0.3) is 0 Å². The zero-order chi connectivity index (χ0) is 13.8. The normalized spacial score (nSPS) is 13.6. The zero-order valence-corrected chi connectivity index (χ0v) is 10.7. The highest BCUT2D eigenvalue weighted by Crippen LogP contribution is 2.22. The van der Waals surface area contributed by atoms with Gasteiger partial charge in [-0.15, -0.1) is 0 Å². The summed E-state index contributed by atoms with van der Waals surface area (Å²) in [5, 5.41) is 0. The van der Waals surface area contributed by atoms with E-state index >= 15 is 0 Å². The van der Waals surface area contributed by atoms with Gasteiger partial charge in [-0.3, -0.25) is 19.3 Å². The predicted molar refractivity (Wildman–Crippen MR) is 67.7 cm³/mol. The Morgan fingerprint density at radius 3 is 2.26 bits per heavy atom. The standard InChI is InChI=1S/C14H15NO4/c1-2-9-19-12(16)7-8-15-13(17)10-5-3-4-6-11(10)14(15)18/h3-6H,2,7-9H2,1H3. The third-order valence-electron chi connectivity index (χ3n) is 2.88. The molecule has 0 aliphatic carbocycles. The fourth-order valence-corrected chi connectivity index (χ4v) is 1.93. The molecule has 0 saturated carbocycles. The van der Waals surface area contributed by atoms with Crippen LogP contribution in [0.3, 0.4) is 0 Å². The minimum atomic E-state index is -0.390. The van der Waals surface area contributed by atoms with Gasteiger partial charge in [0.1, 0.15) is 0 Å². The molecular weight excluding hydrogens is 246 g/mol. The third-order valence-corrected chi connectivity index (χ3v) is 2.88. The van der Waals surface area contributed by atoms with Crippen molar-refractivity contribution in [3.8, 4) is 0 Å². The number of nitrogens with zero attached hydrogens (tertiary/aromatic N) is 1. The van der Waals surface area contributed by atoms with Crippen LogP contribution < -0.4 is 0 Å². The molecule has 2 rings (SSSR count). The lowest BCUT2D eigenvalue weighted by Gasteiger charge is -2.12. The summed E-state index contributed by atoms with van der Waals surface area (Å²) in [7, 11) is 0. The maximum atomic E-state index is 12.0. The van der Waals surface area contributed by atoms with Crippen LogP contribution in [0.2, 0.25) is 0 Å². The Labute approximate surface area is 111 Å². The van der Waals surface area contributed by atoms with E-state index in [9.17, 15) is 14.4 Å². The molecule has 0 N–H and O–H groups in total. The third kappa shape index (κ3) is 2.65. The molecule has 1 aliphatic rings. The van der Waals surface area contributed by atoms with E-state index < -0.39 is 5.97 Å². The first-order chi connectivity index (χ1) is 9.15. The average Bonchev–Trinajstić information content (AvgIpc) is 2.67. The molecular formula is C14H15NO4. The molecule has 0 saturated heterocycles. The monoisotopic (exact) mass is 261 g/mol. The average molecular weight is 261 g/mol. The number of fused-ring (bicyclic) bond motifs is 1. The highest BCUT2D eigenvalue weighted by atomic mass is 16.5. The number of hydrogen-bond donors (Lipinski definition) is 0. The van der Waals surface area contributed by atoms with Gasteiger partial charge in [-0.25, -0.2) is 0 Å². The molecule has 0 bridgehead atoms. The molecule has 0 atom stereocenters. The molecule has 0 aromatic heterocycles. The lowest BCUT2D eigenvalue weighted by molar-refractivity contribution is -0.143. The maximum absolute atomic E-state index is 12.0. The molecule has 5 heteroatoms. The Morgan fingerprint density at radius 2 is 1.74 bits per heavy atom. The van der Waals surface area contributed by atoms with Crippen molar-refractivity contribution in [3.05, 3.63) is 35.4 Å². The molecule has 0 spiro atoms. The SMILES string of the molecule is CCCOC(=O)CCN1C(=O)c2ccccc2C1=O. The highest BCUT2D eigenvalue weighted by Gasteiger charge is 2.34. The number of esters is 1. The van der Waals surface area contributed by atoms with Gasteiger partial charge in [-0.1, -0.05) is 19.1 Å². The predicted octanol–water partition coefficient (Wildman–Crippen LogP) is 1.63. The van der Waals surface area contributed by atoms with Gasteiger partial charge in [0, 0.05) is 6.54 Å². The molecule has 100 valence electrons. The molecule has 19 heavy (non-hydrogen) atoms. The second kappa shape index (κ2) is 5.65. The van der Waals surface area contributed by atoms with E-state index in [0.717, 1.165) is 11.3 Å². The van der Waals surface area contributed by atoms with Crippen LogP contribution >= 0.6 is 0 Å². The fourth-order valence-electron chi connectivity index (χ4n) is 1.93. The van der Waals surface area contributed by atoms with Crippen molar-refractivity contribution in [2.24, 2.45) is 0 Å². The Balaban J connectivity index is 1.99. The van der Waals surface area contributed by atoms with Crippen LogP contribution in [-0.2, 0) is 9.53 Å². The van der Waals surface area contributed by atoms with Crippen LogP contribution in [0.4, 0.5) is 0 Å². The van der Waals surface area contributed by atoms with Crippen molar-refractivity contribution in [2.45, 2.75) is 19.8 Å². The summed E-state index contributed by atoms with van der Waals surface area (Å²) >= 11 is 0. The number of rotatable bonds is 5. The summed E-state index contributed by atoms with van der Waals surface area (Å²) in [6.45, 7) is 2.33. The van der Waals surface area contributed by atoms with Crippen LogP contribution in [0.5, 0.6) is 0 Å². The summed E-state index contributed by atoms with van der Waals surface area (Å²) in [4.78, 5) is 36.4. The molecule has 1 aromatic carbocycles. The number of imide groups is 1. The van der Waals surface area contributed by atoms with Crippen molar-refractivity contribution in [1.29, 1.82) is 0 Å². The first kappa shape index (κ1) is 13.3. The number of hydrogen-bond acceptors (Lipinski definition) is 4. The van der Waals surface area contributed by atoms with Gasteiger partial charge in [-0.05, 0) is 18.6 Å². The van der Waals surface area contributed by atoms with E-state index in [4.69, 9.17) is 4.74 Å². The number of carbonyl (C=O) groups is 3. The van der Waals surface area contributed by atoms with Gasteiger partial charge in [0.05, 0.1) is 24.2 Å². The zero-order valence-electron chi connectivity index (χ0n) is 10.7. The van der Waals surface area contributed by atoms with E-state index in [1.54, 1.807) is 24.3 Å². The maximum Gasteiger partial charge on any atom is 0.307 e. The summed E-state index contributed by atoms with van der Waals surface area (Å²) in [6.07, 6.45) is 0.782. The number of amides is 2. The van der Waals surface area contributed by atoms with Crippen LogP contribution in [0, 0.1) is 0 Å². The van der Waals surface area contributed by atoms with Crippen molar-refractivity contribution in [3.63, 3.8) is 0 Å². The Hall–Kier alpha value is -2.17. The lowest BCUT2D eigenvalue weighted by Crippen LogP contribution is -2.32. The van der Waals surface area contributed by atoms with Crippen molar-refractivity contribution in [1.82, 2.24) is 4.90 Å². The van der Waals surface area contributed by atoms with E-state index in [2.05, 4.69) is 0 Å². The van der Waals surface area contributed by atoms with Gasteiger partial charge in [-0.2, -0.15) is 0 Å². The summed E-state index contributed by atoms with van der Waals surface area (Å²) < 4.78 is 4.91. The van der Waals surface area contributed by atoms with Gasteiger partial charge < -0.3 is 4.74 Å². The molecule has 5 nitrogen and oxygen atoms in total. The largest absolute Gasteiger partial charge is 0.466 e. The quantitative estimate of drug-likeness (QED) is 0.597. The van der Waals surface area contributed by atoms with Gasteiger partial charge in [0.2, 0.25) is 0 Å². The topological polar surface area (TPSA) is 63.7 Å². The first-order valence-electron chi connectivity index (χ1n) is 6.26. The van der Waals surface area contributed by atoms with Crippen molar-refractivity contribution < 1.29 is 19.1 Å². The number of benzene rings is 1. The summed E-state index contributed by atoms with van der Waals surface area (Å²) in [5.74, 6) is -1.08. The van der Waals surface area contributed by atoms with Gasteiger partial charge >= 0.3 is 5.97 Å². The smallest absolute Gasteiger partial charge is 0.307 e. The molecule has 0 radical (unpaired) electrons. The molecule has 1 aromatic rings. The van der Waals surface area contributed by atoms with E-state index in [1.165, 1.54) is 0 Å². The fraction of sp³-hybridized carbons (Fsp3) is 0.357. The lowest BCUT2D eigenvalue weighted by atomic mass is 10.1. The second-order valence-electron chi connectivity index (χ2n) is 4.28. The Kier molecular flexibility index (Phi) is 3.94. The summed E-state index contributed by atoms with van der Waals surface area (Å²) in [6, 6.07) is 6.65. The van der Waals surface area contributed by atoms with Crippen LogP contribution in [-0.4, -0.2) is 35.8 Å². The van der Waals surface area contributed by atoms with E-state index in [1.807, 2.05) is 6.92 Å². The minimum absolute atomic E-state index is 0.0332. The van der Waals surface area contributed by atoms with E-state index in [0.29, 0.717) is 17.7 Å². The number of ether oxygens (including phenoxy) is 1. The molecule has 1 aliphatic heterocycles. The number of carbonyl (C=O) groups excluding carboxylic acids is 3. The van der Waals surface area contributed by atoms with Crippen LogP contribution in [0.15, 0.2) is 24.3 Å². The van der Waals surface area contributed by atoms with E-state index in [-0.39, 0.29) is 24.8 Å². The van der Waals surface area contributed by atoms with Gasteiger partial charge in [0.25, 0.3) is 11.8 Å². The van der Waals surface area contributed by atoms with Crippen molar-refractivity contribution >= 4 is 17.8 Å². The first-order valence-corrected chi connectivity index (χ1v) is 6.26. The van der Waals surface area contributed by atoms with Crippen molar-refractivity contribution in [2.75, 3.05) is 13.2 Å². The van der Waals surface area contributed by atoms with Crippen LogP contribution in [0.1, 0.15) is 40.5 Å². The Morgan fingerprint density at radius 1 is 1.16 bits per heavy atom. The van der Waals surface area contributed by atoms with Gasteiger partial charge in [0.15, 0.2) is 0 Å². The molecule has 1 heterocycles. The highest BCUT2D eigenvalue weighted by molar-refractivity contribution is 6.21.